The van der Waals surface area contributed by atoms with E-state index in [-0.39, 0.29) is 13.0 Å². The highest BCUT2D eigenvalue weighted by Crippen LogP contribution is 2.25. The molecule has 0 aliphatic carbocycles. The quantitative estimate of drug-likeness (QED) is 0.723. The van der Waals surface area contributed by atoms with E-state index >= 15 is 0 Å². The van der Waals surface area contributed by atoms with E-state index in [9.17, 15) is 9.59 Å². The lowest BCUT2D eigenvalue weighted by Gasteiger charge is -2.15. The predicted octanol–water partition coefficient (Wildman–Crippen LogP) is 2.71. The number of urea groups is 1. The first-order chi connectivity index (χ1) is 9.42. The van der Waals surface area contributed by atoms with Crippen molar-refractivity contribution < 1.29 is 19.4 Å². The fourth-order valence-corrected chi connectivity index (χ4v) is 2.18. The van der Waals surface area contributed by atoms with Crippen LogP contribution in [0.4, 0.5) is 10.5 Å². The zero-order valence-corrected chi connectivity index (χ0v) is 13.0. The van der Waals surface area contributed by atoms with E-state index in [0.717, 1.165) is 0 Å². The molecule has 0 spiro atoms. The maximum absolute atomic E-state index is 11.7. The number of aliphatic carboxylic acids is 1. The van der Waals surface area contributed by atoms with Crippen LogP contribution in [-0.4, -0.2) is 36.9 Å². The summed E-state index contributed by atoms with van der Waals surface area (Å²) in [5.41, 5.74) is 0.555. The molecule has 0 aromatic heterocycles. The molecular formula is C12H14BrClN2O4. The molecule has 0 aliphatic heterocycles. The Morgan fingerprint density at radius 1 is 1.50 bits per heavy atom. The van der Waals surface area contributed by atoms with Gasteiger partial charge in [0.25, 0.3) is 0 Å². The number of hydrogen-bond acceptors (Lipinski definition) is 3. The SMILES string of the molecule is COC(CNC(=O)Nc1ccc(Cl)cc1Br)CC(=O)O. The Morgan fingerprint density at radius 3 is 2.75 bits per heavy atom. The summed E-state index contributed by atoms with van der Waals surface area (Å²) < 4.78 is 5.60. The van der Waals surface area contributed by atoms with Crippen molar-refractivity contribution in [1.29, 1.82) is 0 Å². The van der Waals surface area contributed by atoms with Gasteiger partial charge in [0, 0.05) is 23.1 Å². The van der Waals surface area contributed by atoms with Crippen molar-refractivity contribution in [1.82, 2.24) is 5.32 Å². The first-order valence-electron chi connectivity index (χ1n) is 5.67. The summed E-state index contributed by atoms with van der Waals surface area (Å²) in [6.07, 6.45) is -0.756. The zero-order chi connectivity index (χ0) is 15.1. The van der Waals surface area contributed by atoms with Crippen molar-refractivity contribution in [2.75, 3.05) is 19.0 Å². The van der Waals surface area contributed by atoms with E-state index in [2.05, 4.69) is 26.6 Å². The minimum absolute atomic E-state index is 0.0971. The lowest BCUT2D eigenvalue weighted by Crippen LogP contribution is -2.37. The van der Waals surface area contributed by atoms with E-state index in [4.69, 9.17) is 21.4 Å². The number of carbonyl (C=O) groups is 2. The molecule has 0 heterocycles. The van der Waals surface area contributed by atoms with Gasteiger partial charge in [-0.2, -0.15) is 0 Å². The standard InChI is InChI=1S/C12H14BrClN2O4/c1-20-8(5-11(17)18)6-15-12(19)16-10-3-2-7(14)4-9(10)13/h2-4,8H,5-6H2,1H3,(H,17,18)(H2,15,16,19). The van der Waals surface area contributed by atoms with Crippen LogP contribution in [-0.2, 0) is 9.53 Å². The number of carboxylic acids is 1. The fourth-order valence-electron chi connectivity index (χ4n) is 1.40. The molecule has 3 N–H and O–H groups in total. The lowest BCUT2D eigenvalue weighted by atomic mass is 10.2. The second-order valence-corrected chi connectivity index (χ2v) is 5.21. The molecule has 0 bridgehead atoms. The second kappa shape index (κ2) is 8.08. The molecule has 0 fully saturated rings. The van der Waals surface area contributed by atoms with E-state index in [1.54, 1.807) is 18.2 Å². The average molecular weight is 366 g/mol. The highest BCUT2D eigenvalue weighted by Gasteiger charge is 2.14. The number of amides is 2. The van der Waals surface area contributed by atoms with Gasteiger partial charge in [-0.05, 0) is 34.1 Å². The van der Waals surface area contributed by atoms with Crippen LogP contribution in [0.25, 0.3) is 0 Å². The summed E-state index contributed by atoms with van der Waals surface area (Å²) >= 11 is 9.07. The van der Waals surface area contributed by atoms with Gasteiger partial charge in [0.2, 0.25) is 0 Å². The number of carboxylic acid groups (broad SMARTS) is 1. The van der Waals surface area contributed by atoms with Gasteiger partial charge in [0.1, 0.15) is 0 Å². The molecule has 1 aromatic rings. The van der Waals surface area contributed by atoms with Gasteiger partial charge >= 0.3 is 12.0 Å². The molecule has 1 aromatic carbocycles. The van der Waals surface area contributed by atoms with Crippen LogP contribution < -0.4 is 10.6 Å². The molecule has 1 atom stereocenters. The monoisotopic (exact) mass is 364 g/mol. The Kier molecular flexibility index (Phi) is 6.77. The molecule has 110 valence electrons. The summed E-state index contributed by atoms with van der Waals surface area (Å²) in [4.78, 5) is 22.2. The highest BCUT2D eigenvalue weighted by molar-refractivity contribution is 9.10. The molecule has 6 nitrogen and oxygen atoms in total. The van der Waals surface area contributed by atoms with Crippen molar-refractivity contribution in [3.63, 3.8) is 0 Å². The zero-order valence-electron chi connectivity index (χ0n) is 10.7. The molecule has 0 saturated heterocycles. The third-order valence-corrected chi connectivity index (χ3v) is 3.30. The molecule has 0 aliphatic rings. The van der Waals surface area contributed by atoms with Gasteiger partial charge in [0.15, 0.2) is 0 Å². The smallest absolute Gasteiger partial charge is 0.319 e. The number of methoxy groups -OCH3 is 1. The summed E-state index contributed by atoms with van der Waals surface area (Å²) in [5, 5.41) is 14.3. The maximum Gasteiger partial charge on any atom is 0.319 e. The molecule has 2 amide bonds. The number of anilines is 1. The van der Waals surface area contributed by atoms with E-state index < -0.39 is 18.1 Å². The Morgan fingerprint density at radius 2 is 2.20 bits per heavy atom. The molecule has 1 unspecified atom stereocenters. The average Bonchev–Trinajstić information content (AvgIpc) is 2.37. The highest BCUT2D eigenvalue weighted by atomic mass is 79.9. The number of hydrogen-bond donors (Lipinski definition) is 3. The summed E-state index contributed by atoms with van der Waals surface area (Å²) in [6.45, 7) is 0.0971. The molecule has 1 rings (SSSR count). The molecular weight excluding hydrogens is 351 g/mol. The minimum atomic E-state index is -0.987. The topological polar surface area (TPSA) is 87.7 Å². The van der Waals surface area contributed by atoms with Gasteiger partial charge in [-0.3, -0.25) is 4.79 Å². The third-order valence-electron chi connectivity index (χ3n) is 2.41. The molecule has 8 heteroatoms. The summed E-state index contributed by atoms with van der Waals surface area (Å²) in [7, 11) is 1.39. The van der Waals surface area contributed by atoms with Gasteiger partial charge in [-0.1, -0.05) is 11.6 Å². The number of ether oxygens (including phenoxy) is 1. The largest absolute Gasteiger partial charge is 0.481 e. The van der Waals surface area contributed by atoms with Crippen molar-refractivity contribution >= 4 is 45.2 Å². The molecule has 0 radical (unpaired) electrons. The van der Waals surface area contributed by atoms with Crippen LogP contribution in [0, 0.1) is 0 Å². The van der Waals surface area contributed by atoms with Crippen molar-refractivity contribution in [3.8, 4) is 0 Å². The number of benzene rings is 1. The van der Waals surface area contributed by atoms with E-state index in [1.165, 1.54) is 7.11 Å². The number of halogens is 2. The van der Waals surface area contributed by atoms with Gasteiger partial charge in [-0.25, -0.2) is 4.79 Å². The van der Waals surface area contributed by atoms with Gasteiger partial charge < -0.3 is 20.5 Å². The van der Waals surface area contributed by atoms with E-state index in [1.807, 2.05) is 0 Å². The van der Waals surface area contributed by atoms with Crippen molar-refractivity contribution in [2.45, 2.75) is 12.5 Å². The van der Waals surface area contributed by atoms with Crippen LogP contribution in [0.2, 0.25) is 5.02 Å². The number of carbonyl (C=O) groups excluding carboxylic acids is 1. The van der Waals surface area contributed by atoms with Crippen LogP contribution >= 0.6 is 27.5 Å². The van der Waals surface area contributed by atoms with Gasteiger partial charge in [-0.15, -0.1) is 0 Å². The molecule has 20 heavy (non-hydrogen) atoms. The van der Waals surface area contributed by atoms with Crippen molar-refractivity contribution in [2.24, 2.45) is 0 Å². The number of nitrogens with one attached hydrogen (secondary N) is 2. The van der Waals surface area contributed by atoms with Crippen LogP contribution in [0.15, 0.2) is 22.7 Å². The summed E-state index contributed by atoms with van der Waals surface area (Å²) in [6, 6.07) is 4.49. The Labute approximate surface area is 129 Å². The summed E-state index contributed by atoms with van der Waals surface area (Å²) in [5.74, 6) is -0.987. The van der Waals surface area contributed by atoms with Crippen LogP contribution in [0.1, 0.15) is 6.42 Å². The number of rotatable bonds is 6. The molecule has 0 saturated carbocycles. The fraction of sp³-hybridized carbons (Fsp3) is 0.333. The van der Waals surface area contributed by atoms with Crippen LogP contribution in [0.3, 0.4) is 0 Å². The maximum atomic E-state index is 11.7. The Hall–Kier alpha value is -1.31. The van der Waals surface area contributed by atoms with Crippen LogP contribution in [0.5, 0.6) is 0 Å². The minimum Gasteiger partial charge on any atom is -0.481 e. The Balaban J connectivity index is 2.49. The third kappa shape index (κ3) is 5.77. The first-order valence-corrected chi connectivity index (χ1v) is 6.84. The van der Waals surface area contributed by atoms with E-state index in [0.29, 0.717) is 15.2 Å². The van der Waals surface area contributed by atoms with Crippen molar-refractivity contribution in [3.05, 3.63) is 27.7 Å². The van der Waals surface area contributed by atoms with Gasteiger partial charge in [0.05, 0.1) is 18.2 Å². The predicted molar refractivity (Wildman–Crippen MR) is 79.2 cm³/mol. The second-order valence-electron chi connectivity index (χ2n) is 3.91. The lowest BCUT2D eigenvalue weighted by molar-refractivity contribution is -0.139. The normalized spacial score (nSPS) is 11.8. The first kappa shape index (κ1) is 16.7. The Bertz CT molecular complexity index is 498.